The van der Waals surface area contributed by atoms with Gasteiger partial charge in [0.25, 0.3) is 0 Å². The van der Waals surface area contributed by atoms with E-state index in [4.69, 9.17) is 4.74 Å². The smallest absolute Gasteiger partial charge is 0.191 e. The summed E-state index contributed by atoms with van der Waals surface area (Å²) in [4.78, 5) is 8.96. The third-order valence-electron chi connectivity index (χ3n) is 4.18. The molecule has 6 heteroatoms. The molecule has 0 spiro atoms. The first-order valence-corrected chi connectivity index (χ1v) is 9.15. The van der Waals surface area contributed by atoms with Gasteiger partial charge in [0, 0.05) is 31.1 Å². The van der Waals surface area contributed by atoms with Gasteiger partial charge in [-0.05, 0) is 19.8 Å². The molecule has 3 rings (SSSR count). The van der Waals surface area contributed by atoms with Crippen LogP contribution in [0, 0.1) is 0 Å². The minimum Gasteiger partial charge on any atom is -0.373 e. The molecule has 1 unspecified atom stereocenters. The molecule has 1 atom stereocenters. The molecule has 0 amide bonds. The number of aromatic nitrogens is 1. The van der Waals surface area contributed by atoms with E-state index >= 15 is 0 Å². The lowest BCUT2D eigenvalue weighted by Gasteiger charge is -2.24. The number of nitrogens with zero attached hydrogens (tertiary/aromatic N) is 2. The third-order valence-corrected chi connectivity index (χ3v) is 5.03. The lowest BCUT2D eigenvalue weighted by atomic mass is 10.0. The number of thiazole rings is 1. The van der Waals surface area contributed by atoms with Gasteiger partial charge in [-0.15, -0.1) is 11.3 Å². The highest BCUT2D eigenvalue weighted by Crippen LogP contribution is 2.24. The van der Waals surface area contributed by atoms with Gasteiger partial charge >= 0.3 is 0 Å². The van der Waals surface area contributed by atoms with Gasteiger partial charge in [-0.2, -0.15) is 0 Å². The molecule has 0 radical (unpaired) electrons. The van der Waals surface area contributed by atoms with Gasteiger partial charge in [-0.25, -0.2) is 4.98 Å². The second-order valence-electron chi connectivity index (χ2n) is 6.17. The summed E-state index contributed by atoms with van der Waals surface area (Å²) in [5.41, 5.74) is 2.08. The standard InChI is InChI=1S/C18H24N4OS/c1-18(9-6-10-23-18)13-21-17(19-2)20-11-16-22-15(12-24-16)14-7-4-3-5-8-14/h3-5,7-8,12H,6,9-11,13H2,1-2H3,(H2,19,20,21). The molecule has 5 nitrogen and oxygen atoms in total. The van der Waals surface area contributed by atoms with Crippen LogP contribution >= 0.6 is 11.3 Å². The van der Waals surface area contributed by atoms with Crippen LogP contribution < -0.4 is 10.6 Å². The fourth-order valence-electron chi connectivity index (χ4n) is 2.76. The minimum absolute atomic E-state index is 0.0840. The van der Waals surface area contributed by atoms with E-state index in [2.05, 4.69) is 45.0 Å². The van der Waals surface area contributed by atoms with Gasteiger partial charge in [0.15, 0.2) is 5.96 Å². The molecule has 1 aromatic carbocycles. The Labute approximate surface area is 147 Å². The normalized spacial score (nSPS) is 21.0. The van der Waals surface area contributed by atoms with Crippen LogP contribution in [-0.2, 0) is 11.3 Å². The third kappa shape index (κ3) is 4.33. The Hall–Kier alpha value is -1.92. The Morgan fingerprint density at radius 1 is 1.33 bits per heavy atom. The Balaban J connectivity index is 1.52. The predicted molar refractivity (Wildman–Crippen MR) is 99.3 cm³/mol. The number of benzene rings is 1. The van der Waals surface area contributed by atoms with Gasteiger partial charge in [-0.1, -0.05) is 30.3 Å². The number of ether oxygens (including phenoxy) is 1. The van der Waals surface area contributed by atoms with Crippen LogP contribution in [0.25, 0.3) is 11.3 Å². The summed E-state index contributed by atoms with van der Waals surface area (Å²) in [6.07, 6.45) is 2.22. The molecule has 1 saturated heterocycles. The molecule has 2 aromatic rings. The van der Waals surface area contributed by atoms with Crippen LogP contribution in [0.2, 0.25) is 0 Å². The van der Waals surface area contributed by atoms with E-state index in [1.807, 2.05) is 18.2 Å². The maximum atomic E-state index is 5.79. The van der Waals surface area contributed by atoms with Gasteiger partial charge in [-0.3, -0.25) is 4.99 Å². The molecule has 1 fully saturated rings. The summed E-state index contributed by atoms with van der Waals surface area (Å²) in [7, 11) is 1.78. The van der Waals surface area contributed by atoms with Crippen LogP contribution in [0.4, 0.5) is 0 Å². The SMILES string of the molecule is CN=C(NCc1nc(-c2ccccc2)cs1)NCC1(C)CCCO1. The summed E-state index contributed by atoms with van der Waals surface area (Å²) in [6.45, 7) is 4.42. The van der Waals surface area contributed by atoms with Crippen molar-refractivity contribution in [1.82, 2.24) is 15.6 Å². The Morgan fingerprint density at radius 3 is 2.88 bits per heavy atom. The quantitative estimate of drug-likeness (QED) is 0.646. The molecule has 2 N–H and O–H groups in total. The summed E-state index contributed by atoms with van der Waals surface area (Å²) in [5.74, 6) is 0.781. The Bertz CT molecular complexity index is 677. The fourth-order valence-corrected chi connectivity index (χ4v) is 3.50. The molecule has 0 aliphatic carbocycles. The highest BCUT2D eigenvalue weighted by atomic mass is 32.1. The van der Waals surface area contributed by atoms with Crippen LogP contribution in [0.3, 0.4) is 0 Å². The van der Waals surface area contributed by atoms with Crippen molar-refractivity contribution < 1.29 is 4.74 Å². The van der Waals surface area contributed by atoms with Crippen molar-refractivity contribution in [2.45, 2.75) is 31.9 Å². The van der Waals surface area contributed by atoms with E-state index in [0.717, 1.165) is 48.2 Å². The number of aliphatic imine (C=N–C) groups is 1. The van der Waals surface area contributed by atoms with Crippen LogP contribution in [0.1, 0.15) is 24.8 Å². The molecule has 0 bridgehead atoms. The van der Waals surface area contributed by atoms with E-state index < -0.39 is 0 Å². The fraction of sp³-hybridized carbons (Fsp3) is 0.444. The molecule has 24 heavy (non-hydrogen) atoms. The number of guanidine groups is 1. The highest BCUT2D eigenvalue weighted by Gasteiger charge is 2.29. The maximum absolute atomic E-state index is 5.79. The summed E-state index contributed by atoms with van der Waals surface area (Å²) >= 11 is 1.66. The molecule has 1 aliphatic heterocycles. The summed E-state index contributed by atoms with van der Waals surface area (Å²) in [5, 5.41) is 9.81. The monoisotopic (exact) mass is 344 g/mol. The first-order valence-electron chi connectivity index (χ1n) is 8.27. The van der Waals surface area contributed by atoms with E-state index in [1.165, 1.54) is 0 Å². The first-order chi connectivity index (χ1) is 11.7. The predicted octanol–water partition coefficient (Wildman–Crippen LogP) is 3.04. The second-order valence-corrected chi connectivity index (χ2v) is 7.12. The number of hydrogen-bond acceptors (Lipinski definition) is 4. The van der Waals surface area contributed by atoms with E-state index in [1.54, 1.807) is 18.4 Å². The summed E-state index contributed by atoms with van der Waals surface area (Å²) < 4.78 is 5.79. The molecular formula is C18H24N4OS. The number of nitrogens with one attached hydrogen (secondary N) is 2. The second kappa shape index (κ2) is 7.77. The van der Waals surface area contributed by atoms with Crippen LogP contribution in [0.5, 0.6) is 0 Å². The molecule has 1 aliphatic rings. The van der Waals surface area contributed by atoms with E-state index in [-0.39, 0.29) is 5.60 Å². The zero-order valence-corrected chi connectivity index (χ0v) is 15.0. The molecule has 2 heterocycles. The topological polar surface area (TPSA) is 58.5 Å². The maximum Gasteiger partial charge on any atom is 0.191 e. The Kier molecular flexibility index (Phi) is 5.48. The molecule has 128 valence electrons. The minimum atomic E-state index is -0.0840. The van der Waals surface area contributed by atoms with Gasteiger partial charge in [0.1, 0.15) is 5.01 Å². The van der Waals surface area contributed by atoms with Crippen molar-refractivity contribution in [2.75, 3.05) is 20.2 Å². The van der Waals surface area contributed by atoms with Crippen molar-refractivity contribution >= 4 is 17.3 Å². The first kappa shape index (κ1) is 16.9. The Morgan fingerprint density at radius 2 is 2.17 bits per heavy atom. The van der Waals surface area contributed by atoms with E-state index in [0.29, 0.717) is 6.54 Å². The zero-order chi connectivity index (χ0) is 16.8. The van der Waals surface area contributed by atoms with Gasteiger partial charge in [0.05, 0.1) is 17.8 Å². The van der Waals surface area contributed by atoms with Crippen molar-refractivity contribution in [3.63, 3.8) is 0 Å². The van der Waals surface area contributed by atoms with Crippen molar-refractivity contribution in [2.24, 2.45) is 4.99 Å². The van der Waals surface area contributed by atoms with Crippen molar-refractivity contribution in [3.8, 4) is 11.3 Å². The average Bonchev–Trinajstić information content (AvgIpc) is 3.26. The molecular weight excluding hydrogens is 320 g/mol. The van der Waals surface area contributed by atoms with Gasteiger partial charge < -0.3 is 15.4 Å². The molecule has 1 aromatic heterocycles. The summed E-state index contributed by atoms with van der Waals surface area (Å²) in [6, 6.07) is 10.2. The van der Waals surface area contributed by atoms with E-state index in [9.17, 15) is 0 Å². The van der Waals surface area contributed by atoms with Crippen molar-refractivity contribution in [1.29, 1.82) is 0 Å². The number of hydrogen-bond donors (Lipinski definition) is 2. The average molecular weight is 344 g/mol. The van der Waals surface area contributed by atoms with Crippen LogP contribution in [-0.4, -0.2) is 36.7 Å². The van der Waals surface area contributed by atoms with Gasteiger partial charge in [0.2, 0.25) is 0 Å². The highest BCUT2D eigenvalue weighted by molar-refractivity contribution is 7.09. The zero-order valence-electron chi connectivity index (χ0n) is 14.2. The largest absolute Gasteiger partial charge is 0.373 e. The lowest BCUT2D eigenvalue weighted by molar-refractivity contribution is 0.0243. The van der Waals surface area contributed by atoms with Crippen LogP contribution in [0.15, 0.2) is 40.7 Å². The van der Waals surface area contributed by atoms with Crippen molar-refractivity contribution in [3.05, 3.63) is 40.7 Å². The lowest BCUT2D eigenvalue weighted by Crippen LogP contribution is -2.45. The molecule has 0 saturated carbocycles. The number of rotatable bonds is 5.